The van der Waals surface area contributed by atoms with Gasteiger partial charge < -0.3 is 20.3 Å². The average Bonchev–Trinajstić information content (AvgIpc) is 2.84. The maximum Gasteiger partial charge on any atom is 0.340 e. The maximum absolute atomic E-state index is 12.1. The lowest BCUT2D eigenvalue weighted by molar-refractivity contribution is 0.0601. The summed E-state index contributed by atoms with van der Waals surface area (Å²) in [5.74, 6) is -0.408. The molecule has 21 heavy (non-hydrogen) atoms. The van der Waals surface area contributed by atoms with Gasteiger partial charge in [0.2, 0.25) is 0 Å². The van der Waals surface area contributed by atoms with E-state index in [1.54, 1.807) is 12.1 Å². The number of carbonyl (C=O) groups excluding carboxylic acids is 1. The Morgan fingerprint density at radius 2 is 2.24 bits per heavy atom. The smallest absolute Gasteiger partial charge is 0.340 e. The fourth-order valence-electron chi connectivity index (χ4n) is 2.92. The zero-order valence-corrected chi connectivity index (χ0v) is 13.5. The molecule has 0 radical (unpaired) electrons. The van der Waals surface area contributed by atoms with Crippen LogP contribution in [-0.4, -0.2) is 51.2 Å². The molecule has 0 aliphatic carbocycles. The Morgan fingerprint density at radius 1 is 1.52 bits per heavy atom. The lowest BCUT2D eigenvalue weighted by atomic mass is 10.1. The number of halogens is 1. The van der Waals surface area contributed by atoms with E-state index in [1.165, 1.54) is 7.11 Å². The van der Waals surface area contributed by atoms with Gasteiger partial charge in [0.05, 0.1) is 23.4 Å². The first kappa shape index (κ1) is 15.9. The number of methoxy groups -OCH3 is 1. The first-order valence-corrected chi connectivity index (χ1v) is 7.40. The third-order valence-corrected chi connectivity index (χ3v) is 4.02. The number of esters is 1. The van der Waals surface area contributed by atoms with Crippen LogP contribution in [0.15, 0.2) is 12.1 Å². The van der Waals surface area contributed by atoms with Gasteiger partial charge in [0.1, 0.15) is 0 Å². The topological polar surface area (TPSA) is 58.8 Å². The molecular formula is C15H22ClN3O2. The van der Waals surface area contributed by atoms with Gasteiger partial charge in [-0.3, -0.25) is 0 Å². The van der Waals surface area contributed by atoms with Crippen molar-refractivity contribution in [3.63, 3.8) is 0 Å². The monoisotopic (exact) mass is 311 g/mol. The van der Waals surface area contributed by atoms with E-state index in [2.05, 4.69) is 9.80 Å². The highest BCUT2D eigenvalue weighted by Gasteiger charge is 2.30. The third kappa shape index (κ3) is 3.41. The average molecular weight is 312 g/mol. The van der Waals surface area contributed by atoms with Crippen LogP contribution >= 0.6 is 11.6 Å². The summed E-state index contributed by atoms with van der Waals surface area (Å²) in [5, 5.41) is 0.501. The standard InChI is InChI=1S/C15H22ClN3O2/c1-18(2)9-11-5-4-6-19(11)14-12(15(20)21-3)7-10(17)8-13(14)16/h7-8,11H,4-6,9,17H2,1-3H3. The number of anilines is 2. The summed E-state index contributed by atoms with van der Waals surface area (Å²) in [6.45, 7) is 1.80. The van der Waals surface area contributed by atoms with Crippen LogP contribution in [0.2, 0.25) is 5.02 Å². The molecule has 2 rings (SSSR count). The Kier molecular flexibility index (Phi) is 4.96. The number of nitrogens with two attached hydrogens (primary N) is 1. The predicted molar refractivity (Wildman–Crippen MR) is 86.1 cm³/mol. The summed E-state index contributed by atoms with van der Waals surface area (Å²) in [5.41, 5.74) is 7.46. The molecule has 0 saturated carbocycles. The summed E-state index contributed by atoms with van der Waals surface area (Å²) in [4.78, 5) is 16.4. The highest BCUT2D eigenvalue weighted by Crippen LogP contribution is 2.37. The molecule has 1 aliphatic rings. The maximum atomic E-state index is 12.1. The van der Waals surface area contributed by atoms with Crippen molar-refractivity contribution in [3.8, 4) is 0 Å². The molecule has 5 nitrogen and oxygen atoms in total. The van der Waals surface area contributed by atoms with Crippen molar-refractivity contribution in [2.24, 2.45) is 0 Å². The van der Waals surface area contributed by atoms with Gasteiger partial charge in [-0.2, -0.15) is 0 Å². The normalized spacial score (nSPS) is 18.3. The molecule has 6 heteroatoms. The minimum absolute atomic E-state index is 0.338. The van der Waals surface area contributed by atoms with Crippen molar-refractivity contribution < 1.29 is 9.53 Å². The van der Waals surface area contributed by atoms with Gasteiger partial charge >= 0.3 is 5.97 Å². The van der Waals surface area contributed by atoms with Gasteiger partial charge in [-0.15, -0.1) is 0 Å². The van der Waals surface area contributed by atoms with Gasteiger partial charge in [0.15, 0.2) is 0 Å². The van der Waals surface area contributed by atoms with Gasteiger partial charge in [-0.1, -0.05) is 11.6 Å². The van der Waals surface area contributed by atoms with Crippen molar-refractivity contribution in [3.05, 3.63) is 22.7 Å². The molecule has 1 atom stereocenters. The minimum atomic E-state index is -0.408. The zero-order valence-electron chi connectivity index (χ0n) is 12.7. The van der Waals surface area contributed by atoms with Crippen molar-refractivity contribution in [2.45, 2.75) is 18.9 Å². The van der Waals surface area contributed by atoms with Crippen molar-refractivity contribution >= 4 is 28.9 Å². The number of nitrogens with zero attached hydrogens (tertiary/aromatic N) is 2. The van der Waals surface area contributed by atoms with Crippen LogP contribution in [0, 0.1) is 0 Å². The van der Waals surface area contributed by atoms with Crippen molar-refractivity contribution in [1.82, 2.24) is 4.90 Å². The quantitative estimate of drug-likeness (QED) is 0.682. The Bertz CT molecular complexity index is 534. The Hall–Kier alpha value is -1.46. The second-order valence-corrected chi connectivity index (χ2v) is 6.05. The number of ether oxygens (including phenoxy) is 1. The Balaban J connectivity index is 2.44. The molecule has 2 N–H and O–H groups in total. The highest BCUT2D eigenvalue weighted by molar-refractivity contribution is 6.34. The molecule has 0 bridgehead atoms. The van der Waals surface area contributed by atoms with E-state index in [-0.39, 0.29) is 0 Å². The van der Waals surface area contributed by atoms with Crippen LogP contribution < -0.4 is 10.6 Å². The van der Waals surface area contributed by atoms with E-state index in [9.17, 15) is 4.79 Å². The van der Waals surface area contributed by atoms with Crippen LogP contribution in [0.4, 0.5) is 11.4 Å². The van der Waals surface area contributed by atoms with E-state index in [1.807, 2.05) is 14.1 Å². The van der Waals surface area contributed by atoms with E-state index < -0.39 is 5.97 Å². The second-order valence-electron chi connectivity index (χ2n) is 5.64. The zero-order chi connectivity index (χ0) is 15.6. The number of rotatable bonds is 4. The van der Waals surface area contributed by atoms with E-state index in [0.29, 0.717) is 22.3 Å². The first-order valence-electron chi connectivity index (χ1n) is 7.02. The second kappa shape index (κ2) is 6.54. The third-order valence-electron chi connectivity index (χ3n) is 3.73. The number of carbonyl (C=O) groups is 1. The number of benzene rings is 1. The Labute approximate surface area is 130 Å². The molecular weight excluding hydrogens is 290 g/mol. The van der Waals surface area contributed by atoms with Gasteiger partial charge in [-0.25, -0.2) is 4.79 Å². The fourth-order valence-corrected chi connectivity index (χ4v) is 3.26. The van der Waals surface area contributed by atoms with E-state index in [0.717, 1.165) is 31.6 Å². The molecule has 1 aromatic carbocycles. The predicted octanol–water partition coefficient (Wildman–Crippen LogP) is 2.24. The van der Waals surface area contributed by atoms with Crippen LogP contribution in [0.1, 0.15) is 23.2 Å². The molecule has 116 valence electrons. The summed E-state index contributed by atoms with van der Waals surface area (Å²) in [7, 11) is 5.45. The molecule has 1 saturated heterocycles. The molecule has 0 spiro atoms. The minimum Gasteiger partial charge on any atom is -0.465 e. The first-order chi connectivity index (χ1) is 9.93. The lowest BCUT2D eigenvalue weighted by Crippen LogP contribution is -2.38. The lowest BCUT2D eigenvalue weighted by Gasteiger charge is -2.31. The van der Waals surface area contributed by atoms with E-state index >= 15 is 0 Å². The molecule has 1 heterocycles. The molecule has 1 unspecified atom stereocenters. The van der Waals surface area contributed by atoms with E-state index in [4.69, 9.17) is 22.1 Å². The van der Waals surface area contributed by atoms with Crippen molar-refractivity contribution in [2.75, 3.05) is 44.9 Å². The number of nitrogen functional groups attached to an aromatic ring is 1. The van der Waals surface area contributed by atoms with Gasteiger partial charge in [0, 0.05) is 24.8 Å². The molecule has 1 aliphatic heterocycles. The van der Waals surface area contributed by atoms with Crippen LogP contribution in [0.25, 0.3) is 0 Å². The van der Waals surface area contributed by atoms with Crippen LogP contribution in [-0.2, 0) is 4.74 Å². The summed E-state index contributed by atoms with van der Waals surface area (Å²) in [6, 6.07) is 3.66. The Morgan fingerprint density at radius 3 is 2.86 bits per heavy atom. The SMILES string of the molecule is COC(=O)c1cc(N)cc(Cl)c1N1CCCC1CN(C)C. The highest BCUT2D eigenvalue weighted by atomic mass is 35.5. The van der Waals surface area contributed by atoms with Gasteiger partial charge in [0.25, 0.3) is 0 Å². The van der Waals surface area contributed by atoms with Crippen molar-refractivity contribution in [1.29, 1.82) is 0 Å². The number of hydrogen-bond donors (Lipinski definition) is 1. The fraction of sp³-hybridized carbons (Fsp3) is 0.533. The molecule has 0 aromatic heterocycles. The molecule has 0 amide bonds. The summed E-state index contributed by atoms with van der Waals surface area (Å²) >= 11 is 6.37. The van der Waals surface area contributed by atoms with Crippen LogP contribution in [0.3, 0.4) is 0 Å². The summed E-state index contributed by atoms with van der Waals surface area (Å²) in [6.07, 6.45) is 2.17. The molecule has 1 aromatic rings. The summed E-state index contributed by atoms with van der Waals surface area (Å²) < 4.78 is 4.87. The largest absolute Gasteiger partial charge is 0.465 e. The van der Waals surface area contributed by atoms with Crippen LogP contribution in [0.5, 0.6) is 0 Å². The van der Waals surface area contributed by atoms with Gasteiger partial charge in [-0.05, 0) is 39.1 Å². The molecule has 1 fully saturated rings. The number of likely N-dealkylation sites (N-methyl/N-ethyl adjacent to an activating group) is 1. The number of hydrogen-bond acceptors (Lipinski definition) is 5.